The predicted octanol–water partition coefficient (Wildman–Crippen LogP) is 2.22. The van der Waals surface area contributed by atoms with E-state index in [9.17, 15) is 14.9 Å². The van der Waals surface area contributed by atoms with E-state index in [1.54, 1.807) is 0 Å². The Labute approximate surface area is 118 Å². The second kappa shape index (κ2) is 5.41. The summed E-state index contributed by atoms with van der Waals surface area (Å²) in [6.45, 7) is 0.453. The van der Waals surface area contributed by atoms with Gasteiger partial charge in [-0.3, -0.25) is 15.0 Å². The van der Waals surface area contributed by atoms with Gasteiger partial charge in [-0.2, -0.15) is 0 Å². The fourth-order valence-corrected chi connectivity index (χ4v) is 2.23. The highest BCUT2D eigenvalue weighted by molar-refractivity contribution is 6.33. The topological polar surface area (TPSA) is 91.1 Å². The third kappa shape index (κ3) is 2.18. The zero-order chi connectivity index (χ0) is 14.9. The van der Waals surface area contributed by atoms with E-state index in [0.717, 1.165) is 0 Å². The van der Waals surface area contributed by atoms with Crippen LogP contribution in [0.2, 0.25) is 5.02 Å². The maximum absolute atomic E-state index is 11.6. The zero-order valence-electron chi connectivity index (χ0n) is 10.7. The number of ether oxygens (including phenoxy) is 3. The van der Waals surface area contributed by atoms with Gasteiger partial charge in [-0.05, 0) is 6.07 Å². The van der Waals surface area contributed by atoms with Crippen LogP contribution >= 0.6 is 11.6 Å². The smallest absolute Gasteiger partial charge is 0.414 e. The number of rotatable bonds is 4. The number of amides is 1. The molecule has 0 spiro atoms. The number of hydrogen-bond acceptors (Lipinski definition) is 6. The molecule has 1 aromatic rings. The standard InChI is InChI=1S/C11H11ClN2O6/c1-18-9-6(12)5-7(13-3-4-20-11(13)15)10(19-2)8(9)14(16)17/h5H,3-4H2,1-2H3. The summed E-state index contributed by atoms with van der Waals surface area (Å²) in [5, 5.41) is 11.2. The van der Waals surface area contributed by atoms with Crippen LogP contribution in [0.15, 0.2) is 6.07 Å². The number of carbonyl (C=O) groups is 1. The maximum Gasteiger partial charge on any atom is 0.414 e. The highest BCUT2D eigenvalue weighted by atomic mass is 35.5. The summed E-state index contributed by atoms with van der Waals surface area (Å²) < 4.78 is 14.8. The molecule has 108 valence electrons. The van der Waals surface area contributed by atoms with Crippen molar-refractivity contribution in [2.24, 2.45) is 0 Å². The van der Waals surface area contributed by atoms with Gasteiger partial charge in [0.1, 0.15) is 6.61 Å². The molecule has 1 heterocycles. The van der Waals surface area contributed by atoms with Crippen molar-refractivity contribution in [2.75, 3.05) is 32.3 Å². The van der Waals surface area contributed by atoms with Gasteiger partial charge in [0.15, 0.2) is 0 Å². The molecule has 2 rings (SSSR count). The molecule has 9 heteroatoms. The molecule has 0 unspecified atom stereocenters. The first-order chi connectivity index (χ1) is 9.51. The monoisotopic (exact) mass is 302 g/mol. The molecule has 0 N–H and O–H groups in total. The SMILES string of the molecule is COc1c(Cl)cc(N2CCOC2=O)c(OC)c1[N+](=O)[O-]. The number of nitrogens with zero attached hydrogens (tertiary/aromatic N) is 2. The van der Waals surface area contributed by atoms with Gasteiger partial charge in [-0.15, -0.1) is 0 Å². The Morgan fingerprint density at radius 1 is 1.40 bits per heavy atom. The summed E-state index contributed by atoms with van der Waals surface area (Å²) >= 11 is 5.97. The Balaban J connectivity index is 2.69. The Kier molecular flexibility index (Phi) is 3.84. The van der Waals surface area contributed by atoms with Crippen molar-refractivity contribution in [3.8, 4) is 11.5 Å². The van der Waals surface area contributed by atoms with Crippen molar-refractivity contribution in [3.63, 3.8) is 0 Å². The lowest BCUT2D eigenvalue weighted by Gasteiger charge is -2.18. The van der Waals surface area contributed by atoms with Crippen LogP contribution < -0.4 is 14.4 Å². The zero-order valence-corrected chi connectivity index (χ0v) is 11.5. The Morgan fingerprint density at radius 3 is 2.50 bits per heavy atom. The number of nitro benzene ring substituents is 1. The van der Waals surface area contributed by atoms with Gasteiger partial charge in [0.25, 0.3) is 0 Å². The van der Waals surface area contributed by atoms with Crippen LogP contribution in [0.5, 0.6) is 11.5 Å². The molecule has 8 nitrogen and oxygen atoms in total. The minimum atomic E-state index is -0.672. The van der Waals surface area contributed by atoms with E-state index < -0.39 is 16.7 Å². The van der Waals surface area contributed by atoms with Gasteiger partial charge in [-0.1, -0.05) is 11.6 Å². The van der Waals surface area contributed by atoms with Crippen molar-refractivity contribution in [3.05, 3.63) is 21.2 Å². The third-order valence-corrected chi connectivity index (χ3v) is 3.07. The van der Waals surface area contributed by atoms with Crippen LogP contribution in [0.25, 0.3) is 0 Å². The number of carbonyl (C=O) groups excluding carboxylic acids is 1. The molecule has 0 atom stereocenters. The average molecular weight is 303 g/mol. The molecule has 0 aromatic heterocycles. The van der Waals surface area contributed by atoms with Crippen molar-refractivity contribution >= 4 is 29.1 Å². The van der Waals surface area contributed by atoms with Crippen molar-refractivity contribution in [1.29, 1.82) is 0 Å². The van der Waals surface area contributed by atoms with Gasteiger partial charge in [0.05, 0.1) is 36.4 Å². The number of cyclic esters (lactones) is 1. The van der Waals surface area contributed by atoms with Gasteiger partial charge in [0.2, 0.25) is 11.5 Å². The molecule has 1 aliphatic rings. The molecule has 1 aliphatic heterocycles. The third-order valence-electron chi connectivity index (χ3n) is 2.79. The van der Waals surface area contributed by atoms with Crippen molar-refractivity contribution in [2.45, 2.75) is 0 Å². The Bertz CT molecular complexity index is 577. The summed E-state index contributed by atoms with van der Waals surface area (Å²) in [5.74, 6) is -0.222. The van der Waals surface area contributed by atoms with E-state index in [1.807, 2.05) is 0 Å². The molecular weight excluding hydrogens is 292 g/mol. The minimum Gasteiger partial charge on any atom is -0.489 e. The Morgan fingerprint density at radius 2 is 2.05 bits per heavy atom. The van der Waals surface area contributed by atoms with E-state index >= 15 is 0 Å². The van der Waals surface area contributed by atoms with Crippen LogP contribution in [0.4, 0.5) is 16.2 Å². The summed E-state index contributed by atoms with van der Waals surface area (Å²) in [6, 6.07) is 1.37. The van der Waals surface area contributed by atoms with Crippen LogP contribution in [0, 0.1) is 10.1 Å². The first kappa shape index (κ1) is 14.2. The summed E-state index contributed by atoms with van der Waals surface area (Å²) in [6.07, 6.45) is -0.612. The fraction of sp³-hybridized carbons (Fsp3) is 0.364. The summed E-state index contributed by atoms with van der Waals surface area (Å²) in [4.78, 5) is 23.4. The van der Waals surface area contributed by atoms with E-state index in [1.165, 1.54) is 25.2 Å². The minimum absolute atomic E-state index is 0.00898. The lowest BCUT2D eigenvalue weighted by molar-refractivity contribution is -0.386. The van der Waals surface area contributed by atoms with Gasteiger partial charge in [0, 0.05) is 0 Å². The van der Waals surface area contributed by atoms with Gasteiger partial charge in [-0.25, -0.2) is 4.79 Å². The molecule has 1 amide bonds. The molecule has 0 aliphatic carbocycles. The summed E-state index contributed by atoms with van der Waals surface area (Å²) in [7, 11) is 2.53. The molecule has 0 radical (unpaired) electrons. The lowest BCUT2D eigenvalue weighted by atomic mass is 10.2. The maximum atomic E-state index is 11.6. The number of hydrogen-bond donors (Lipinski definition) is 0. The van der Waals surface area contributed by atoms with Gasteiger partial charge < -0.3 is 14.2 Å². The van der Waals surface area contributed by atoms with Crippen LogP contribution in [-0.4, -0.2) is 38.4 Å². The van der Waals surface area contributed by atoms with E-state index in [2.05, 4.69) is 0 Å². The fourth-order valence-electron chi connectivity index (χ4n) is 1.96. The Hall–Kier alpha value is -2.22. The van der Waals surface area contributed by atoms with Gasteiger partial charge >= 0.3 is 11.8 Å². The van der Waals surface area contributed by atoms with Crippen molar-refractivity contribution in [1.82, 2.24) is 0 Å². The van der Waals surface area contributed by atoms with Crippen LogP contribution in [-0.2, 0) is 4.74 Å². The number of methoxy groups -OCH3 is 2. The quantitative estimate of drug-likeness (QED) is 0.625. The largest absolute Gasteiger partial charge is 0.489 e. The lowest BCUT2D eigenvalue weighted by Crippen LogP contribution is -2.24. The number of nitro groups is 1. The highest BCUT2D eigenvalue weighted by Gasteiger charge is 2.34. The molecular formula is C11H11ClN2O6. The van der Waals surface area contributed by atoms with Crippen LogP contribution in [0.1, 0.15) is 0 Å². The number of anilines is 1. The number of benzene rings is 1. The molecule has 20 heavy (non-hydrogen) atoms. The first-order valence-electron chi connectivity index (χ1n) is 5.54. The molecule has 1 aromatic carbocycles. The van der Waals surface area contributed by atoms with Crippen LogP contribution in [0.3, 0.4) is 0 Å². The molecule has 1 fully saturated rings. The second-order valence-electron chi connectivity index (χ2n) is 3.82. The van der Waals surface area contributed by atoms with E-state index in [-0.39, 0.29) is 35.4 Å². The molecule has 1 saturated heterocycles. The number of halogens is 1. The molecule has 0 bridgehead atoms. The first-order valence-corrected chi connectivity index (χ1v) is 5.92. The average Bonchev–Trinajstić information content (AvgIpc) is 2.83. The van der Waals surface area contributed by atoms with E-state index in [4.69, 9.17) is 25.8 Å². The summed E-state index contributed by atoms with van der Waals surface area (Å²) in [5.41, 5.74) is -0.260. The second-order valence-corrected chi connectivity index (χ2v) is 4.22. The predicted molar refractivity (Wildman–Crippen MR) is 69.9 cm³/mol. The van der Waals surface area contributed by atoms with E-state index in [0.29, 0.717) is 0 Å². The highest BCUT2D eigenvalue weighted by Crippen LogP contribution is 2.48. The normalized spacial score (nSPS) is 14.2. The van der Waals surface area contributed by atoms with Crippen molar-refractivity contribution < 1.29 is 23.9 Å². The molecule has 0 saturated carbocycles.